The largest absolute Gasteiger partial charge is 0.481 e. The Morgan fingerprint density at radius 3 is 2.61 bits per heavy atom. The molecule has 0 aromatic carbocycles. The predicted molar refractivity (Wildman–Crippen MR) is 65.1 cm³/mol. The summed E-state index contributed by atoms with van der Waals surface area (Å²) >= 11 is 0. The van der Waals surface area contributed by atoms with Gasteiger partial charge in [0.2, 0.25) is 5.91 Å². The van der Waals surface area contributed by atoms with Crippen LogP contribution in [0.5, 0.6) is 0 Å². The number of rotatable bonds is 5. The molecular weight excluding hydrogens is 234 g/mol. The lowest BCUT2D eigenvalue weighted by Gasteiger charge is -2.41. The molecule has 2 N–H and O–H groups in total. The van der Waals surface area contributed by atoms with E-state index in [0.29, 0.717) is 13.2 Å². The Hall–Kier alpha value is -1.10. The van der Waals surface area contributed by atoms with Crippen molar-refractivity contribution in [1.82, 2.24) is 5.32 Å². The number of nitrogens with one attached hydrogen (secondary N) is 1. The molecule has 1 saturated carbocycles. The first-order chi connectivity index (χ1) is 8.61. The van der Waals surface area contributed by atoms with Gasteiger partial charge in [-0.1, -0.05) is 6.42 Å². The van der Waals surface area contributed by atoms with E-state index < -0.39 is 5.97 Å². The summed E-state index contributed by atoms with van der Waals surface area (Å²) < 4.78 is 5.29. The Balaban J connectivity index is 1.78. The molecule has 1 amide bonds. The van der Waals surface area contributed by atoms with E-state index in [1.165, 1.54) is 0 Å². The van der Waals surface area contributed by atoms with Crippen molar-refractivity contribution in [1.29, 1.82) is 0 Å². The molecule has 0 aromatic rings. The Kier molecular flexibility index (Phi) is 4.22. The van der Waals surface area contributed by atoms with E-state index in [4.69, 9.17) is 9.84 Å². The summed E-state index contributed by atoms with van der Waals surface area (Å²) in [6.45, 7) is 1.74. The first-order valence-electron chi connectivity index (χ1n) is 6.69. The zero-order valence-corrected chi connectivity index (χ0v) is 10.6. The average Bonchev–Trinajstić information content (AvgIpc) is 2.32. The van der Waals surface area contributed by atoms with Crippen molar-refractivity contribution in [2.24, 2.45) is 11.3 Å². The quantitative estimate of drug-likeness (QED) is 0.773. The third-order valence-corrected chi connectivity index (χ3v) is 4.11. The first-order valence-corrected chi connectivity index (χ1v) is 6.69. The van der Waals surface area contributed by atoms with Gasteiger partial charge in [0.1, 0.15) is 0 Å². The van der Waals surface area contributed by atoms with Crippen molar-refractivity contribution in [3.8, 4) is 0 Å². The zero-order chi connectivity index (χ0) is 13.0. The number of carbonyl (C=O) groups excluding carboxylic acids is 1. The van der Waals surface area contributed by atoms with E-state index in [9.17, 15) is 9.59 Å². The second kappa shape index (κ2) is 5.69. The molecule has 5 heteroatoms. The van der Waals surface area contributed by atoms with E-state index in [2.05, 4.69) is 5.32 Å². The molecule has 102 valence electrons. The highest BCUT2D eigenvalue weighted by Crippen LogP contribution is 2.43. The van der Waals surface area contributed by atoms with Gasteiger partial charge >= 0.3 is 5.97 Å². The number of hydrogen-bond acceptors (Lipinski definition) is 3. The molecule has 0 bridgehead atoms. The van der Waals surface area contributed by atoms with Gasteiger partial charge in [-0.25, -0.2) is 0 Å². The molecule has 1 aliphatic carbocycles. The van der Waals surface area contributed by atoms with Gasteiger partial charge in [-0.2, -0.15) is 0 Å². The Bertz CT molecular complexity index is 319. The van der Waals surface area contributed by atoms with Crippen LogP contribution in [0, 0.1) is 11.3 Å². The van der Waals surface area contributed by atoms with E-state index >= 15 is 0 Å². The number of hydrogen-bond donors (Lipinski definition) is 2. The lowest BCUT2D eigenvalue weighted by molar-refractivity contribution is -0.142. The van der Waals surface area contributed by atoms with Gasteiger partial charge < -0.3 is 15.2 Å². The molecule has 1 unspecified atom stereocenters. The monoisotopic (exact) mass is 255 g/mol. The number of carboxylic acid groups (broad SMARTS) is 1. The minimum atomic E-state index is -0.773. The SMILES string of the molecule is O=C(O)CC1(CNC(=O)C2CCCOC2)CCC1. The molecule has 1 aliphatic heterocycles. The minimum absolute atomic E-state index is 0.0198. The van der Waals surface area contributed by atoms with Crippen molar-refractivity contribution in [3.63, 3.8) is 0 Å². The van der Waals surface area contributed by atoms with Crippen LogP contribution in [-0.2, 0) is 14.3 Å². The summed E-state index contributed by atoms with van der Waals surface area (Å²) in [7, 11) is 0. The summed E-state index contributed by atoms with van der Waals surface area (Å²) in [6, 6.07) is 0. The fourth-order valence-corrected chi connectivity index (χ4v) is 2.78. The molecule has 2 aliphatic rings. The van der Waals surface area contributed by atoms with Gasteiger partial charge in [-0.15, -0.1) is 0 Å². The molecule has 0 radical (unpaired) electrons. The van der Waals surface area contributed by atoms with Gasteiger partial charge in [0.15, 0.2) is 0 Å². The van der Waals surface area contributed by atoms with Gasteiger partial charge in [0.25, 0.3) is 0 Å². The van der Waals surface area contributed by atoms with Crippen molar-refractivity contribution < 1.29 is 19.4 Å². The van der Waals surface area contributed by atoms with E-state index in [1.54, 1.807) is 0 Å². The second-order valence-electron chi connectivity index (χ2n) is 5.56. The highest BCUT2D eigenvalue weighted by molar-refractivity contribution is 5.79. The third kappa shape index (κ3) is 3.22. The van der Waals surface area contributed by atoms with Gasteiger partial charge in [0, 0.05) is 13.2 Å². The maximum Gasteiger partial charge on any atom is 0.303 e. The normalized spacial score (nSPS) is 26.1. The number of carboxylic acids is 1. The molecule has 0 aromatic heterocycles. The maximum absolute atomic E-state index is 11.9. The van der Waals surface area contributed by atoms with Crippen LogP contribution in [0.2, 0.25) is 0 Å². The van der Waals surface area contributed by atoms with Crippen molar-refractivity contribution in [3.05, 3.63) is 0 Å². The predicted octanol–water partition coefficient (Wildman–Crippen LogP) is 1.17. The molecular formula is C13H21NO4. The molecule has 1 saturated heterocycles. The maximum atomic E-state index is 11.9. The molecule has 1 atom stereocenters. The highest BCUT2D eigenvalue weighted by atomic mass is 16.5. The Morgan fingerprint density at radius 2 is 2.11 bits per heavy atom. The van der Waals surface area contributed by atoms with Gasteiger partial charge in [-0.05, 0) is 31.1 Å². The van der Waals surface area contributed by atoms with Gasteiger partial charge in [0.05, 0.1) is 18.9 Å². The average molecular weight is 255 g/mol. The topological polar surface area (TPSA) is 75.6 Å². The lowest BCUT2D eigenvalue weighted by atomic mass is 9.66. The summed E-state index contributed by atoms with van der Waals surface area (Å²) in [5.74, 6) is -0.808. The number of ether oxygens (including phenoxy) is 1. The highest BCUT2D eigenvalue weighted by Gasteiger charge is 2.39. The summed E-state index contributed by atoms with van der Waals surface area (Å²) in [5, 5.41) is 11.8. The van der Waals surface area contributed by atoms with Crippen LogP contribution < -0.4 is 5.32 Å². The second-order valence-corrected chi connectivity index (χ2v) is 5.56. The Labute approximate surface area is 107 Å². The standard InChI is InChI=1S/C13H21NO4/c15-11(16)7-13(4-2-5-13)9-14-12(17)10-3-1-6-18-8-10/h10H,1-9H2,(H,14,17)(H,15,16). The summed E-state index contributed by atoms with van der Waals surface area (Å²) in [5.41, 5.74) is -0.197. The molecule has 2 fully saturated rings. The lowest BCUT2D eigenvalue weighted by Crippen LogP contribution is -2.46. The Morgan fingerprint density at radius 1 is 1.33 bits per heavy atom. The van der Waals surface area contributed by atoms with E-state index in [0.717, 1.165) is 38.7 Å². The van der Waals surface area contributed by atoms with E-state index in [1.807, 2.05) is 0 Å². The first kappa shape index (κ1) is 13.3. The number of amides is 1. The smallest absolute Gasteiger partial charge is 0.303 e. The molecule has 0 spiro atoms. The van der Waals surface area contributed by atoms with E-state index in [-0.39, 0.29) is 23.7 Å². The van der Waals surface area contributed by atoms with Gasteiger partial charge in [-0.3, -0.25) is 9.59 Å². The number of carbonyl (C=O) groups is 2. The van der Waals surface area contributed by atoms with Crippen molar-refractivity contribution in [2.75, 3.05) is 19.8 Å². The van der Waals surface area contributed by atoms with Crippen molar-refractivity contribution in [2.45, 2.75) is 38.5 Å². The molecule has 2 rings (SSSR count). The zero-order valence-electron chi connectivity index (χ0n) is 10.6. The van der Waals surface area contributed by atoms with Crippen LogP contribution in [0.15, 0.2) is 0 Å². The fourth-order valence-electron chi connectivity index (χ4n) is 2.78. The van der Waals surface area contributed by atoms with Crippen LogP contribution in [-0.4, -0.2) is 36.7 Å². The van der Waals surface area contributed by atoms with Crippen molar-refractivity contribution >= 4 is 11.9 Å². The van der Waals surface area contributed by atoms with Crippen LogP contribution in [0.1, 0.15) is 38.5 Å². The van der Waals surface area contributed by atoms with Crippen LogP contribution in [0.4, 0.5) is 0 Å². The molecule has 5 nitrogen and oxygen atoms in total. The summed E-state index contributed by atoms with van der Waals surface area (Å²) in [6.07, 6.45) is 4.84. The van der Waals surface area contributed by atoms with Crippen LogP contribution in [0.25, 0.3) is 0 Å². The third-order valence-electron chi connectivity index (χ3n) is 4.11. The fraction of sp³-hybridized carbons (Fsp3) is 0.846. The summed E-state index contributed by atoms with van der Waals surface area (Å²) in [4.78, 5) is 22.8. The molecule has 1 heterocycles. The molecule has 18 heavy (non-hydrogen) atoms. The number of aliphatic carboxylic acids is 1. The van der Waals surface area contributed by atoms with Crippen LogP contribution >= 0.6 is 0 Å². The van der Waals surface area contributed by atoms with Crippen LogP contribution in [0.3, 0.4) is 0 Å². The minimum Gasteiger partial charge on any atom is -0.481 e.